The fourth-order valence-corrected chi connectivity index (χ4v) is 0. The van der Waals surface area contributed by atoms with Gasteiger partial charge in [-0.25, -0.2) is 0 Å². The normalized spacial score (nSPS) is 6.00. The van der Waals surface area contributed by atoms with E-state index in [2.05, 4.69) is 9.15 Å². The van der Waals surface area contributed by atoms with Crippen LogP contribution in [0.5, 0.6) is 0 Å². The van der Waals surface area contributed by atoms with Gasteiger partial charge in [-0.3, -0.25) is 10.5 Å². The Labute approximate surface area is 74.1 Å². The molecule has 0 unspecified atom stereocenters. The molecule has 0 aliphatic carbocycles. The molecule has 0 aliphatic heterocycles. The summed E-state index contributed by atoms with van der Waals surface area (Å²) in [5.74, 6) is 0. The summed E-state index contributed by atoms with van der Waals surface area (Å²) in [7, 11) is -6.64. The van der Waals surface area contributed by atoms with Crippen LogP contribution in [0.4, 0.5) is 0 Å². The molecule has 2 N–H and O–H groups in total. The molecule has 0 saturated carbocycles. The van der Waals surface area contributed by atoms with Crippen LogP contribution in [0.1, 0.15) is 0 Å². The summed E-state index contributed by atoms with van der Waals surface area (Å²) in [5, 5.41) is 14.1. The molecule has 0 amide bonds. The Bertz CT molecular complexity index is 96.7. The van der Waals surface area contributed by atoms with E-state index < -0.39 is 18.3 Å². The standard InChI is InChI=1S/Cu.2HO4Si/c;2*1-4-5(2)3/h;2*1H/q+2;2*-1. The van der Waals surface area contributed by atoms with Gasteiger partial charge in [0.25, 0.3) is 0 Å². The van der Waals surface area contributed by atoms with Gasteiger partial charge in [-0.05, 0) is 0 Å². The maximum atomic E-state index is 8.97. The van der Waals surface area contributed by atoms with Crippen molar-refractivity contribution in [3.63, 3.8) is 0 Å². The van der Waals surface area contributed by atoms with E-state index in [-0.39, 0.29) is 17.1 Å². The molecule has 1 radical (unpaired) electrons. The molecular formula is H2CuO8Si2. The van der Waals surface area contributed by atoms with Crippen LogP contribution in [0.25, 0.3) is 0 Å². The Morgan fingerprint density at radius 2 is 1.09 bits per heavy atom. The third kappa shape index (κ3) is 42.2. The van der Waals surface area contributed by atoms with Crippen molar-refractivity contribution in [3.05, 3.63) is 0 Å². The molecule has 0 rings (SSSR count). The van der Waals surface area contributed by atoms with Crippen LogP contribution in [-0.2, 0) is 35.1 Å². The number of rotatable bonds is 2. The van der Waals surface area contributed by atoms with Crippen molar-refractivity contribution in [3.8, 4) is 0 Å². The first-order valence-corrected chi connectivity index (χ1v) is 4.04. The van der Waals surface area contributed by atoms with E-state index in [1.165, 1.54) is 0 Å². The molecular weight excluding hydrogens is 248 g/mol. The van der Waals surface area contributed by atoms with Gasteiger partial charge in [0.1, 0.15) is 0 Å². The van der Waals surface area contributed by atoms with Crippen LogP contribution < -0.4 is 9.59 Å². The van der Waals surface area contributed by atoms with Crippen LogP contribution >= 0.6 is 0 Å². The molecule has 69 valence electrons. The van der Waals surface area contributed by atoms with Crippen molar-refractivity contribution in [2.45, 2.75) is 0 Å². The summed E-state index contributed by atoms with van der Waals surface area (Å²) in [5.41, 5.74) is 0. The first-order valence-electron chi connectivity index (χ1n) is 1.59. The predicted molar refractivity (Wildman–Crippen MR) is 20.3 cm³/mol. The Balaban J connectivity index is -0.000000107. The van der Waals surface area contributed by atoms with E-state index in [9.17, 15) is 0 Å². The average molecular weight is 250 g/mol. The molecule has 0 saturated heterocycles. The van der Waals surface area contributed by atoms with Gasteiger partial charge in [0.05, 0.1) is 0 Å². The molecule has 0 spiro atoms. The van der Waals surface area contributed by atoms with E-state index in [0.29, 0.717) is 0 Å². The summed E-state index contributed by atoms with van der Waals surface area (Å²) < 4.78 is 23.4. The first kappa shape index (κ1) is 17.0. The molecule has 0 heterocycles. The third-order valence-electron chi connectivity index (χ3n) is 0.149. The molecule has 0 aromatic heterocycles. The quantitative estimate of drug-likeness (QED) is 0.292. The van der Waals surface area contributed by atoms with E-state index in [1.807, 2.05) is 0 Å². The van der Waals surface area contributed by atoms with E-state index in [0.717, 1.165) is 0 Å². The SMILES string of the molecule is O=[Si]([O-])OO.O=[Si]([O-])OO.[Cu+2]. The minimum absolute atomic E-state index is 0. The van der Waals surface area contributed by atoms with Gasteiger partial charge in [-0.1, -0.05) is 0 Å². The molecule has 0 atom stereocenters. The Morgan fingerprint density at radius 1 is 1.00 bits per heavy atom. The molecule has 0 aromatic carbocycles. The molecule has 11 heteroatoms. The van der Waals surface area contributed by atoms with Crippen molar-refractivity contribution >= 4 is 18.3 Å². The maximum Gasteiger partial charge on any atom is 2.00 e. The summed E-state index contributed by atoms with van der Waals surface area (Å²) in [6.07, 6.45) is 0. The van der Waals surface area contributed by atoms with Crippen LogP contribution in [-0.4, -0.2) is 28.9 Å². The number of hydrogen-bond acceptors (Lipinski definition) is 8. The van der Waals surface area contributed by atoms with Crippen LogP contribution in [0, 0.1) is 0 Å². The summed E-state index contributed by atoms with van der Waals surface area (Å²) in [6, 6.07) is 0. The Kier molecular flexibility index (Phi) is 19.1. The van der Waals surface area contributed by atoms with Crippen molar-refractivity contribution in [1.29, 1.82) is 0 Å². The van der Waals surface area contributed by atoms with Gasteiger partial charge in [0, 0.05) is 0 Å². The van der Waals surface area contributed by atoms with Crippen molar-refractivity contribution in [2.24, 2.45) is 0 Å². The minimum atomic E-state index is -3.32. The summed E-state index contributed by atoms with van der Waals surface area (Å²) >= 11 is 0. The fourth-order valence-electron chi connectivity index (χ4n) is 0. The van der Waals surface area contributed by atoms with Crippen molar-refractivity contribution in [2.75, 3.05) is 0 Å². The Morgan fingerprint density at radius 3 is 1.09 bits per heavy atom. The molecule has 0 fully saturated rings. The van der Waals surface area contributed by atoms with Gasteiger partial charge in [0.15, 0.2) is 0 Å². The molecule has 8 nitrogen and oxygen atoms in total. The first-order chi connectivity index (χ1) is 4.54. The molecule has 0 bridgehead atoms. The van der Waals surface area contributed by atoms with Gasteiger partial charge < -0.3 is 27.7 Å². The van der Waals surface area contributed by atoms with E-state index >= 15 is 0 Å². The third-order valence-corrected chi connectivity index (χ3v) is 0.447. The van der Waals surface area contributed by atoms with Gasteiger partial charge >= 0.3 is 35.4 Å². The zero-order valence-corrected chi connectivity index (χ0v) is 7.59. The van der Waals surface area contributed by atoms with Gasteiger partial charge in [-0.2, -0.15) is 0 Å². The Hall–Kier alpha value is -0.327. The van der Waals surface area contributed by atoms with E-state index in [4.69, 9.17) is 29.0 Å². The zero-order chi connectivity index (χ0) is 8.57. The van der Waals surface area contributed by atoms with Crippen LogP contribution in [0.2, 0.25) is 0 Å². The largest absolute Gasteiger partial charge is 2.00 e. The monoisotopic (exact) mass is 249 g/mol. The second kappa shape index (κ2) is 12.4. The average Bonchev–Trinajstić information content (AvgIpc) is 1.89. The smallest absolute Gasteiger partial charge is 0.478 e. The number of hydrogen-bond donors (Lipinski definition) is 2. The van der Waals surface area contributed by atoms with Crippen molar-refractivity contribution < 1.29 is 55.3 Å². The van der Waals surface area contributed by atoms with E-state index in [1.54, 1.807) is 0 Å². The second-order valence-electron chi connectivity index (χ2n) is 0.683. The summed E-state index contributed by atoms with van der Waals surface area (Å²) in [4.78, 5) is 17.9. The predicted octanol–water partition coefficient (Wildman–Crippen LogP) is -3.50. The van der Waals surface area contributed by atoms with Crippen LogP contribution in [0.3, 0.4) is 0 Å². The van der Waals surface area contributed by atoms with Crippen LogP contribution in [0.15, 0.2) is 0 Å². The summed E-state index contributed by atoms with van der Waals surface area (Å²) in [6.45, 7) is 0. The topological polar surface area (TPSA) is 139 Å². The molecule has 0 aliphatic rings. The molecule has 11 heavy (non-hydrogen) atoms. The van der Waals surface area contributed by atoms with Gasteiger partial charge in [0.2, 0.25) is 0 Å². The zero-order valence-electron chi connectivity index (χ0n) is 4.65. The maximum absolute atomic E-state index is 8.97. The second-order valence-corrected chi connectivity index (χ2v) is 2.05. The minimum Gasteiger partial charge on any atom is -0.478 e. The van der Waals surface area contributed by atoms with Crippen molar-refractivity contribution in [1.82, 2.24) is 0 Å². The van der Waals surface area contributed by atoms with Gasteiger partial charge in [-0.15, -0.1) is 0 Å². The molecule has 0 aromatic rings. The fraction of sp³-hybridized carbons (Fsp3) is 0.